The zero-order valence-electron chi connectivity index (χ0n) is 16.7. The van der Waals surface area contributed by atoms with Crippen LogP contribution in [0.15, 0.2) is 43.0 Å². The molecule has 0 saturated heterocycles. The normalized spacial score (nSPS) is 15.6. The minimum absolute atomic E-state index is 0.722. The van der Waals surface area contributed by atoms with Crippen LogP contribution in [-0.2, 0) is 10.3 Å². The lowest BCUT2D eigenvalue weighted by Gasteiger charge is -2.46. The summed E-state index contributed by atoms with van der Waals surface area (Å²) in [7, 11) is 0. The Morgan fingerprint density at radius 2 is 1.52 bits per heavy atom. The van der Waals surface area contributed by atoms with Crippen LogP contribution < -0.4 is 0 Å². The van der Waals surface area contributed by atoms with Gasteiger partial charge in [-0.15, -0.1) is 0 Å². The molecule has 0 radical (unpaired) electrons. The van der Waals surface area contributed by atoms with E-state index in [1.165, 1.54) is 13.8 Å². The van der Waals surface area contributed by atoms with Gasteiger partial charge in [-0.3, -0.25) is 0 Å². The van der Waals surface area contributed by atoms with Crippen molar-refractivity contribution >= 4 is 16.3 Å². The molecule has 1 N–H and O–H groups in total. The van der Waals surface area contributed by atoms with Crippen LogP contribution in [-0.4, -0.2) is 22.5 Å². The molecule has 0 spiro atoms. The molecule has 2 rings (SSSR count). The molecule has 0 saturated carbocycles. The fraction of sp³-hybridized carbons (Fsp3) is 0.455. The zero-order valence-corrected chi connectivity index (χ0v) is 16.7. The SMILES string of the molecule is C=C(C)c1c(C(C)(C)OC(C)(C)C(C)(O)C(F)(F)F)ccc2ccccc12. The van der Waals surface area contributed by atoms with Gasteiger partial charge in [-0.1, -0.05) is 48.6 Å². The molecule has 0 fully saturated rings. The van der Waals surface area contributed by atoms with Crippen molar-refractivity contribution in [3.8, 4) is 0 Å². The Balaban J connectivity index is 2.60. The van der Waals surface area contributed by atoms with Crippen LogP contribution in [0, 0.1) is 0 Å². The number of hydrogen-bond acceptors (Lipinski definition) is 2. The van der Waals surface area contributed by atoms with Gasteiger partial charge in [-0.05, 0) is 63.4 Å². The highest BCUT2D eigenvalue weighted by atomic mass is 19.4. The molecule has 5 heteroatoms. The summed E-state index contributed by atoms with van der Waals surface area (Å²) in [6.07, 6.45) is -4.83. The van der Waals surface area contributed by atoms with E-state index in [-0.39, 0.29) is 0 Å². The van der Waals surface area contributed by atoms with Crippen molar-refractivity contribution in [1.82, 2.24) is 0 Å². The van der Waals surface area contributed by atoms with E-state index in [0.29, 0.717) is 0 Å². The molecular formula is C22H27F3O2. The molecule has 0 aliphatic heterocycles. The lowest BCUT2D eigenvalue weighted by atomic mass is 9.83. The van der Waals surface area contributed by atoms with Crippen LogP contribution in [0.4, 0.5) is 13.2 Å². The van der Waals surface area contributed by atoms with Crippen LogP contribution in [0.1, 0.15) is 52.7 Å². The Morgan fingerprint density at radius 1 is 0.963 bits per heavy atom. The van der Waals surface area contributed by atoms with Gasteiger partial charge >= 0.3 is 6.18 Å². The van der Waals surface area contributed by atoms with E-state index in [0.717, 1.165) is 34.4 Å². The molecule has 148 valence electrons. The predicted octanol–water partition coefficient (Wildman–Crippen LogP) is 6.22. The van der Waals surface area contributed by atoms with Gasteiger partial charge in [0, 0.05) is 0 Å². The van der Waals surface area contributed by atoms with Gasteiger partial charge in [-0.25, -0.2) is 0 Å². The van der Waals surface area contributed by atoms with Gasteiger partial charge in [0.2, 0.25) is 0 Å². The average Bonchev–Trinajstić information content (AvgIpc) is 2.51. The van der Waals surface area contributed by atoms with Crippen LogP contribution in [0.5, 0.6) is 0 Å². The summed E-state index contributed by atoms with van der Waals surface area (Å²) >= 11 is 0. The van der Waals surface area contributed by atoms with Gasteiger partial charge < -0.3 is 9.84 Å². The summed E-state index contributed by atoms with van der Waals surface area (Å²) in [6, 6.07) is 11.5. The summed E-state index contributed by atoms with van der Waals surface area (Å²) < 4.78 is 46.1. The molecule has 0 amide bonds. The molecule has 0 heterocycles. The van der Waals surface area contributed by atoms with Crippen molar-refractivity contribution in [2.45, 2.75) is 64.5 Å². The van der Waals surface area contributed by atoms with Crippen molar-refractivity contribution in [2.75, 3.05) is 0 Å². The van der Waals surface area contributed by atoms with E-state index in [9.17, 15) is 18.3 Å². The minimum Gasteiger partial charge on any atom is -0.378 e. The van der Waals surface area contributed by atoms with E-state index in [4.69, 9.17) is 4.74 Å². The number of fused-ring (bicyclic) bond motifs is 1. The number of allylic oxidation sites excluding steroid dienone is 1. The van der Waals surface area contributed by atoms with Crippen LogP contribution in [0.25, 0.3) is 16.3 Å². The number of hydrogen-bond donors (Lipinski definition) is 1. The maximum Gasteiger partial charge on any atom is 0.419 e. The number of halogens is 3. The summed E-state index contributed by atoms with van der Waals surface area (Å²) in [5.74, 6) is 0. The smallest absolute Gasteiger partial charge is 0.378 e. The van der Waals surface area contributed by atoms with E-state index >= 15 is 0 Å². The van der Waals surface area contributed by atoms with Crippen molar-refractivity contribution in [3.05, 3.63) is 54.1 Å². The molecule has 0 aromatic heterocycles. The molecule has 0 aliphatic rings. The van der Waals surface area contributed by atoms with E-state index in [1.807, 2.05) is 43.3 Å². The standard InChI is InChI=1S/C22H27F3O2/c1-14(2)18-16-11-9-8-10-15(16)12-13-17(18)19(3,4)27-20(5,6)21(7,26)22(23,24)25/h8-13,26H,1H2,2-7H3. The zero-order chi connectivity index (χ0) is 20.8. The number of rotatable bonds is 5. The second-order valence-electron chi connectivity index (χ2n) is 8.18. The summed E-state index contributed by atoms with van der Waals surface area (Å²) in [6.45, 7) is 12.6. The first kappa shape index (κ1) is 21.5. The summed E-state index contributed by atoms with van der Waals surface area (Å²) in [5.41, 5.74) is -3.64. The van der Waals surface area contributed by atoms with Crippen LogP contribution in [0.3, 0.4) is 0 Å². The molecule has 2 nitrogen and oxygen atoms in total. The van der Waals surface area contributed by atoms with Gasteiger partial charge in [-0.2, -0.15) is 13.2 Å². The molecule has 1 atom stereocenters. The molecular weight excluding hydrogens is 353 g/mol. The van der Waals surface area contributed by atoms with Crippen molar-refractivity contribution in [2.24, 2.45) is 0 Å². The minimum atomic E-state index is -4.83. The Bertz CT molecular complexity index is 861. The third-order valence-electron chi connectivity index (χ3n) is 5.24. The molecule has 2 aromatic rings. The first-order chi connectivity index (χ1) is 12.1. The van der Waals surface area contributed by atoms with Crippen molar-refractivity contribution in [3.63, 3.8) is 0 Å². The first-order valence-corrected chi connectivity index (χ1v) is 8.79. The Hall–Kier alpha value is -1.85. The lowest BCUT2D eigenvalue weighted by Crippen LogP contribution is -2.61. The third kappa shape index (κ3) is 3.76. The first-order valence-electron chi connectivity index (χ1n) is 8.79. The van der Waals surface area contributed by atoms with Gasteiger partial charge in [0.1, 0.15) is 5.60 Å². The van der Waals surface area contributed by atoms with Gasteiger partial charge in [0.15, 0.2) is 5.60 Å². The molecule has 0 bridgehead atoms. The third-order valence-corrected chi connectivity index (χ3v) is 5.24. The maximum atomic E-state index is 13.4. The predicted molar refractivity (Wildman–Crippen MR) is 104 cm³/mol. The summed E-state index contributed by atoms with van der Waals surface area (Å²) in [5, 5.41) is 12.1. The quantitative estimate of drug-likeness (QED) is 0.667. The molecule has 1 unspecified atom stereocenters. The van der Waals surface area contributed by atoms with Crippen LogP contribution in [0.2, 0.25) is 0 Å². The number of aliphatic hydroxyl groups is 1. The number of benzene rings is 2. The number of alkyl halides is 3. The van der Waals surface area contributed by atoms with Crippen LogP contribution >= 0.6 is 0 Å². The van der Waals surface area contributed by atoms with Gasteiger partial charge in [0.25, 0.3) is 0 Å². The van der Waals surface area contributed by atoms with E-state index in [1.54, 1.807) is 13.8 Å². The van der Waals surface area contributed by atoms with Crippen molar-refractivity contribution in [1.29, 1.82) is 0 Å². The molecule has 0 aliphatic carbocycles. The highest BCUT2D eigenvalue weighted by Crippen LogP contribution is 2.45. The largest absolute Gasteiger partial charge is 0.419 e. The average molecular weight is 380 g/mol. The Kier molecular flexibility index (Phi) is 5.28. The maximum absolute atomic E-state index is 13.4. The van der Waals surface area contributed by atoms with E-state index < -0.39 is 23.0 Å². The van der Waals surface area contributed by atoms with Gasteiger partial charge in [0.05, 0.1) is 5.60 Å². The molecule has 2 aromatic carbocycles. The Morgan fingerprint density at radius 3 is 2.04 bits per heavy atom. The highest BCUT2D eigenvalue weighted by molar-refractivity contribution is 5.94. The lowest BCUT2D eigenvalue weighted by molar-refractivity contribution is -0.328. The fourth-order valence-electron chi connectivity index (χ4n) is 3.37. The fourth-order valence-corrected chi connectivity index (χ4v) is 3.37. The topological polar surface area (TPSA) is 29.5 Å². The second-order valence-corrected chi connectivity index (χ2v) is 8.18. The highest BCUT2D eigenvalue weighted by Gasteiger charge is 2.61. The number of ether oxygens (including phenoxy) is 1. The van der Waals surface area contributed by atoms with E-state index in [2.05, 4.69) is 6.58 Å². The second kappa shape index (κ2) is 6.64. The molecule has 27 heavy (non-hydrogen) atoms. The Labute approximate surface area is 158 Å². The van der Waals surface area contributed by atoms with Crippen molar-refractivity contribution < 1.29 is 23.0 Å². The monoisotopic (exact) mass is 380 g/mol. The summed E-state index contributed by atoms with van der Waals surface area (Å²) in [4.78, 5) is 0.